The maximum Gasteiger partial charge on any atom is 0.267 e. The topological polar surface area (TPSA) is 115 Å². The number of carbonyl (C=O) groups excluding carboxylic acids is 1. The number of aryl methyl sites for hydroxylation is 3. The Hall–Kier alpha value is -3.92. The first kappa shape index (κ1) is 22.3. The standard InChI is InChI=1S/C23H23N5O4S/c1-14-7-5-8-15(2)20(14)27-33(30,31)19-11-16(12-24-23(19)32-4)26-22(29)17-9-6-10-18-21(17)28(3)13-25-18/h5-13,27H,1-4H3,(H,26,29). The van der Waals surface area contributed by atoms with E-state index >= 15 is 0 Å². The van der Waals surface area contributed by atoms with E-state index in [-0.39, 0.29) is 16.5 Å². The summed E-state index contributed by atoms with van der Waals surface area (Å²) in [6.45, 7) is 3.63. The Morgan fingerprint density at radius 3 is 2.45 bits per heavy atom. The Bertz CT molecular complexity index is 1460. The van der Waals surface area contributed by atoms with Gasteiger partial charge in [-0.05, 0) is 43.2 Å². The Morgan fingerprint density at radius 1 is 1.06 bits per heavy atom. The van der Waals surface area contributed by atoms with Crippen LogP contribution in [0.4, 0.5) is 11.4 Å². The van der Waals surface area contributed by atoms with Crippen LogP contribution >= 0.6 is 0 Å². The van der Waals surface area contributed by atoms with Gasteiger partial charge in [-0.25, -0.2) is 18.4 Å². The molecular weight excluding hydrogens is 442 g/mol. The summed E-state index contributed by atoms with van der Waals surface area (Å²) < 4.78 is 36.0. The molecule has 4 aromatic rings. The maximum atomic E-state index is 13.2. The average Bonchev–Trinajstić information content (AvgIpc) is 3.17. The minimum Gasteiger partial charge on any atom is -0.480 e. The SMILES string of the molecule is COc1ncc(NC(=O)c2cccc3ncn(C)c23)cc1S(=O)(=O)Nc1c(C)cccc1C. The molecule has 0 spiro atoms. The highest BCUT2D eigenvalue weighted by Crippen LogP contribution is 2.29. The van der Waals surface area contributed by atoms with Gasteiger partial charge in [0.15, 0.2) is 4.90 Å². The smallest absolute Gasteiger partial charge is 0.267 e. The van der Waals surface area contributed by atoms with E-state index in [2.05, 4.69) is 20.0 Å². The number of sulfonamides is 1. The lowest BCUT2D eigenvalue weighted by molar-refractivity contribution is 0.102. The number of hydrogen-bond acceptors (Lipinski definition) is 6. The minimum absolute atomic E-state index is 0.0829. The van der Waals surface area contributed by atoms with Crippen LogP contribution in [0.1, 0.15) is 21.5 Å². The first-order valence-electron chi connectivity index (χ1n) is 10.1. The number of nitrogens with one attached hydrogen (secondary N) is 2. The molecule has 33 heavy (non-hydrogen) atoms. The predicted octanol–water partition coefficient (Wildman–Crippen LogP) is 3.65. The number of fused-ring (bicyclic) bond motifs is 1. The lowest BCUT2D eigenvalue weighted by Crippen LogP contribution is -2.18. The van der Waals surface area contributed by atoms with Gasteiger partial charge in [0, 0.05) is 7.05 Å². The number of nitrogens with zero attached hydrogens (tertiary/aromatic N) is 3. The summed E-state index contributed by atoms with van der Waals surface area (Å²) in [5.41, 5.74) is 4.00. The summed E-state index contributed by atoms with van der Waals surface area (Å²) in [6, 6.07) is 12.0. The van der Waals surface area contributed by atoms with Crippen LogP contribution in [0, 0.1) is 13.8 Å². The number of amides is 1. The zero-order valence-electron chi connectivity index (χ0n) is 18.6. The van der Waals surface area contributed by atoms with Crippen molar-refractivity contribution in [3.63, 3.8) is 0 Å². The molecule has 170 valence electrons. The summed E-state index contributed by atoms with van der Waals surface area (Å²) in [7, 11) is -0.928. The second kappa shape index (κ2) is 8.55. The Balaban J connectivity index is 1.69. The number of imidazole rings is 1. The van der Waals surface area contributed by atoms with E-state index in [4.69, 9.17) is 4.74 Å². The first-order chi connectivity index (χ1) is 15.7. The highest BCUT2D eigenvalue weighted by atomic mass is 32.2. The second-order valence-electron chi connectivity index (χ2n) is 7.59. The van der Waals surface area contributed by atoms with Gasteiger partial charge in [0.1, 0.15) is 0 Å². The number of carbonyl (C=O) groups is 1. The summed E-state index contributed by atoms with van der Waals surface area (Å²) in [5.74, 6) is -0.498. The molecule has 2 aromatic carbocycles. The normalized spacial score (nSPS) is 11.4. The number of ether oxygens (including phenoxy) is 1. The fraction of sp³-hybridized carbons (Fsp3) is 0.174. The molecule has 4 rings (SSSR count). The summed E-state index contributed by atoms with van der Waals surface area (Å²) in [5, 5.41) is 2.73. The van der Waals surface area contributed by atoms with Crippen LogP contribution in [0.3, 0.4) is 0 Å². The van der Waals surface area contributed by atoms with E-state index in [1.54, 1.807) is 30.1 Å². The van der Waals surface area contributed by atoms with Crippen molar-refractivity contribution < 1.29 is 17.9 Å². The Kier molecular flexibility index (Phi) is 5.77. The molecule has 0 saturated heterocycles. The fourth-order valence-corrected chi connectivity index (χ4v) is 4.95. The van der Waals surface area contributed by atoms with Gasteiger partial charge >= 0.3 is 0 Å². The van der Waals surface area contributed by atoms with Crippen molar-refractivity contribution in [1.82, 2.24) is 14.5 Å². The van der Waals surface area contributed by atoms with Gasteiger partial charge in [0.2, 0.25) is 5.88 Å². The third-order valence-corrected chi connectivity index (χ3v) is 6.60. The van der Waals surface area contributed by atoms with E-state index < -0.39 is 15.9 Å². The lowest BCUT2D eigenvalue weighted by atomic mass is 10.1. The van der Waals surface area contributed by atoms with Gasteiger partial charge in [-0.15, -0.1) is 0 Å². The van der Waals surface area contributed by atoms with Crippen LogP contribution in [0.2, 0.25) is 0 Å². The van der Waals surface area contributed by atoms with Crippen molar-refractivity contribution in [3.05, 3.63) is 71.7 Å². The monoisotopic (exact) mass is 465 g/mol. The number of methoxy groups -OCH3 is 1. The molecule has 0 saturated carbocycles. The first-order valence-corrected chi connectivity index (χ1v) is 11.5. The van der Waals surface area contributed by atoms with Crippen LogP contribution in [-0.2, 0) is 17.1 Å². The summed E-state index contributed by atoms with van der Waals surface area (Å²) >= 11 is 0. The van der Waals surface area contributed by atoms with Crippen LogP contribution < -0.4 is 14.8 Å². The molecule has 0 unspecified atom stereocenters. The predicted molar refractivity (Wildman–Crippen MR) is 126 cm³/mol. The quantitative estimate of drug-likeness (QED) is 0.449. The third-order valence-electron chi connectivity index (χ3n) is 5.26. The van der Waals surface area contributed by atoms with Gasteiger partial charge in [-0.2, -0.15) is 0 Å². The molecule has 0 aliphatic carbocycles. The van der Waals surface area contributed by atoms with Crippen molar-refractivity contribution in [2.45, 2.75) is 18.7 Å². The Labute approximate surface area is 191 Å². The third kappa shape index (κ3) is 4.24. The molecule has 2 heterocycles. The van der Waals surface area contributed by atoms with Crippen molar-refractivity contribution in [2.24, 2.45) is 7.05 Å². The fourth-order valence-electron chi connectivity index (χ4n) is 3.61. The molecule has 9 nitrogen and oxygen atoms in total. The molecule has 10 heteroatoms. The van der Waals surface area contributed by atoms with E-state index in [1.807, 2.05) is 38.1 Å². The van der Waals surface area contributed by atoms with Gasteiger partial charge in [-0.1, -0.05) is 24.3 Å². The molecule has 2 aromatic heterocycles. The highest BCUT2D eigenvalue weighted by Gasteiger charge is 2.24. The van der Waals surface area contributed by atoms with E-state index in [0.29, 0.717) is 22.3 Å². The van der Waals surface area contributed by atoms with Crippen molar-refractivity contribution in [1.29, 1.82) is 0 Å². The van der Waals surface area contributed by atoms with Crippen LogP contribution in [0.25, 0.3) is 11.0 Å². The summed E-state index contributed by atoms with van der Waals surface area (Å²) in [6.07, 6.45) is 2.97. The van der Waals surface area contributed by atoms with Gasteiger partial charge in [-0.3, -0.25) is 9.52 Å². The van der Waals surface area contributed by atoms with Crippen molar-refractivity contribution in [3.8, 4) is 5.88 Å². The molecule has 0 atom stereocenters. The largest absolute Gasteiger partial charge is 0.480 e. The number of anilines is 2. The van der Waals surface area contributed by atoms with Gasteiger partial charge in [0.25, 0.3) is 15.9 Å². The number of aromatic nitrogens is 3. The van der Waals surface area contributed by atoms with Gasteiger partial charge < -0.3 is 14.6 Å². The van der Waals surface area contributed by atoms with E-state index in [0.717, 1.165) is 11.1 Å². The molecule has 0 aliphatic heterocycles. The molecule has 2 N–H and O–H groups in total. The molecule has 0 aliphatic rings. The number of para-hydroxylation sites is 2. The molecule has 1 amide bonds. The van der Waals surface area contributed by atoms with Crippen molar-refractivity contribution in [2.75, 3.05) is 17.1 Å². The van der Waals surface area contributed by atoms with Crippen LogP contribution in [0.5, 0.6) is 5.88 Å². The average molecular weight is 466 g/mol. The lowest BCUT2D eigenvalue weighted by Gasteiger charge is -2.15. The molecule has 0 bridgehead atoms. The number of hydrogen-bond donors (Lipinski definition) is 2. The number of rotatable bonds is 6. The number of pyridine rings is 1. The van der Waals surface area contributed by atoms with E-state index in [9.17, 15) is 13.2 Å². The highest BCUT2D eigenvalue weighted by molar-refractivity contribution is 7.92. The Morgan fingerprint density at radius 2 is 1.76 bits per heavy atom. The van der Waals surface area contributed by atoms with Crippen LogP contribution in [0.15, 0.2) is 59.9 Å². The second-order valence-corrected chi connectivity index (χ2v) is 9.24. The van der Waals surface area contributed by atoms with Gasteiger partial charge in [0.05, 0.1) is 47.6 Å². The zero-order valence-corrected chi connectivity index (χ0v) is 19.4. The zero-order chi connectivity index (χ0) is 23.8. The molecule has 0 radical (unpaired) electrons. The van der Waals surface area contributed by atoms with E-state index in [1.165, 1.54) is 19.4 Å². The maximum absolute atomic E-state index is 13.2. The van der Waals surface area contributed by atoms with Crippen molar-refractivity contribution >= 4 is 38.3 Å². The molecular formula is C23H23N5O4S. The number of benzene rings is 2. The minimum atomic E-state index is -4.06. The van der Waals surface area contributed by atoms with Crippen LogP contribution in [-0.4, -0.2) is 36.0 Å². The summed E-state index contributed by atoms with van der Waals surface area (Å²) in [4.78, 5) is 21.2. The molecule has 0 fully saturated rings.